The lowest BCUT2D eigenvalue weighted by Gasteiger charge is -2.37. The van der Waals surface area contributed by atoms with E-state index in [9.17, 15) is 18.7 Å². The van der Waals surface area contributed by atoms with Crippen molar-refractivity contribution in [2.24, 2.45) is 4.99 Å². The topological polar surface area (TPSA) is 52.5 Å². The first-order valence-corrected chi connectivity index (χ1v) is 5.06. The van der Waals surface area contributed by atoms with Crippen LogP contribution in [0.2, 0.25) is 0 Å². The number of aliphatic carboxylic acids is 1. The maximum atomic E-state index is 14.1. The average Bonchev–Trinajstić information content (AvgIpc) is 2.24. The first-order chi connectivity index (χ1) is 7.77. The number of carbonyl (C=O) groups excluding carboxylic acids is 1. The van der Waals surface area contributed by atoms with E-state index in [1.54, 1.807) is 0 Å². The molecule has 17 heavy (non-hydrogen) atoms. The molecule has 0 atom stereocenters. The molecule has 0 N–H and O–H groups in total. The Morgan fingerprint density at radius 1 is 1.29 bits per heavy atom. The molecule has 3 nitrogen and oxygen atoms in total. The Morgan fingerprint density at radius 2 is 1.88 bits per heavy atom. The molecule has 1 aromatic carbocycles. The zero-order chi connectivity index (χ0) is 12.8. The number of alkyl halides is 2. The summed E-state index contributed by atoms with van der Waals surface area (Å²) in [7, 11) is 0. The molecular weight excluding hydrogens is 228 g/mol. The summed E-state index contributed by atoms with van der Waals surface area (Å²) in [6.45, 7) is 2.40. The highest BCUT2D eigenvalue weighted by Gasteiger charge is 2.52. The summed E-state index contributed by atoms with van der Waals surface area (Å²) in [5.41, 5.74) is -2.61. The van der Waals surface area contributed by atoms with Crippen molar-refractivity contribution < 1.29 is 18.7 Å². The van der Waals surface area contributed by atoms with E-state index in [2.05, 4.69) is 4.99 Å². The normalized spacial score (nSPS) is 20.4. The molecule has 0 spiro atoms. The monoisotopic (exact) mass is 238 g/mol. The number of nitrogens with zero attached hydrogens (tertiary/aromatic N) is 1. The second kappa shape index (κ2) is 3.35. The summed E-state index contributed by atoms with van der Waals surface area (Å²) in [5.74, 6) is -4.75. The van der Waals surface area contributed by atoms with Gasteiger partial charge in [-0.2, -0.15) is 8.78 Å². The fourth-order valence-electron chi connectivity index (χ4n) is 1.86. The number of rotatable bonds is 1. The van der Waals surface area contributed by atoms with Crippen LogP contribution >= 0.6 is 0 Å². The molecule has 0 radical (unpaired) electrons. The van der Waals surface area contributed by atoms with Gasteiger partial charge in [0.25, 0.3) is 5.92 Å². The zero-order valence-corrected chi connectivity index (χ0v) is 9.33. The van der Waals surface area contributed by atoms with Crippen molar-refractivity contribution in [2.75, 3.05) is 0 Å². The van der Waals surface area contributed by atoms with E-state index >= 15 is 0 Å². The minimum atomic E-state index is -3.21. The minimum Gasteiger partial charge on any atom is -0.543 e. The Morgan fingerprint density at radius 3 is 2.47 bits per heavy atom. The fraction of sp³-hybridized carbons (Fsp3) is 0.333. The number of aliphatic imine (C=N–C) groups is 1. The zero-order valence-electron chi connectivity index (χ0n) is 9.33. The van der Waals surface area contributed by atoms with Gasteiger partial charge in [-0.05, 0) is 13.8 Å². The second-order valence-electron chi connectivity index (χ2n) is 4.43. The first-order valence-electron chi connectivity index (χ1n) is 5.06. The van der Waals surface area contributed by atoms with E-state index in [0.717, 1.165) is 0 Å². The Balaban J connectivity index is 2.77. The Bertz CT molecular complexity index is 521. The van der Waals surface area contributed by atoms with Gasteiger partial charge in [-0.3, -0.25) is 4.99 Å². The molecule has 0 aromatic heterocycles. The Labute approximate surface area is 96.8 Å². The van der Waals surface area contributed by atoms with Gasteiger partial charge in [0.2, 0.25) is 0 Å². The fourth-order valence-corrected chi connectivity index (χ4v) is 1.86. The number of carbonyl (C=O) groups is 1. The molecule has 0 saturated heterocycles. The predicted octanol–water partition coefficient (Wildman–Crippen LogP) is 1.11. The molecule has 0 fully saturated rings. The van der Waals surface area contributed by atoms with Gasteiger partial charge in [0.1, 0.15) is 5.54 Å². The Kier molecular flexibility index (Phi) is 2.31. The summed E-state index contributed by atoms with van der Waals surface area (Å²) in [4.78, 5) is 14.5. The summed E-state index contributed by atoms with van der Waals surface area (Å²) in [6.07, 6.45) is 0. The van der Waals surface area contributed by atoms with Crippen LogP contribution in [0.1, 0.15) is 25.0 Å². The summed E-state index contributed by atoms with van der Waals surface area (Å²) in [5, 5.41) is 10.9. The van der Waals surface area contributed by atoms with E-state index < -0.39 is 23.1 Å². The average molecular weight is 238 g/mol. The van der Waals surface area contributed by atoms with Crippen LogP contribution in [0, 0.1) is 0 Å². The van der Waals surface area contributed by atoms with Crippen molar-refractivity contribution >= 4 is 11.7 Å². The van der Waals surface area contributed by atoms with Crippen LogP contribution in [0.5, 0.6) is 0 Å². The van der Waals surface area contributed by atoms with Crippen molar-refractivity contribution in [3.05, 3.63) is 35.4 Å². The molecule has 0 bridgehead atoms. The maximum Gasteiger partial charge on any atom is 0.297 e. The van der Waals surface area contributed by atoms with E-state index in [1.807, 2.05) is 0 Å². The smallest absolute Gasteiger partial charge is 0.297 e. The number of fused-ring (bicyclic) bond motifs is 1. The number of hydrogen-bond acceptors (Lipinski definition) is 3. The third-order valence-electron chi connectivity index (χ3n) is 2.87. The van der Waals surface area contributed by atoms with Crippen LogP contribution < -0.4 is 5.11 Å². The van der Waals surface area contributed by atoms with Gasteiger partial charge in [-0.1, -0.05) is 24.3 Å². The van der Waals surface area contributed by atoms with Crippen LogP contribution in [0.3, 0.4) is 0 Å². The summed E-state index contributed by atoms with van der Waals surface area (Å²) < 4.78 is 28.2. The SMILES string of the molecule is CC1(C)N=C(C(=O)[O-])c2ccccc2C1(F)F. The molecule has 5 heteroatoms. The van der Waals surface area contributed by atoms with Crippen molar-refractivity contribution in [1.29, 1.82) is 0 Å². The lowest BCUT2D eigenvalue weighted by molar-refractivity contribution is -0.294. The first kappa shape index (κ1) is 11.7. The lowest BCUT2D eigenvalue weighted by atomic mass is 9.83. The highest BCUT2D eigenvalue weighted by atomic mass is 19.3. The van der Waals surface area contributed by atoms with Crippen molar-refractivity contribution in [1.82, 2.24) is 0 Å². The van der Waals surface area contributed by atoms with Crippen LogP contribution in [0.25, 0.3) is 0 Å². The maximum absolute atomic E-state index is 14.1. The van der Waals surface area contributed by atoms with E-state index in [0.29, 0.717) is 0 Å². The standard InChI is InChI=1S/C12H11F2NO2/c1-11(2)12(13,14)8-6-4-3-5-7(8)9(15-11)10(16)17/h3-6H,1-2H3,(H,16,17)/p-1. The molecule has 1 aliphatic rings. The molecule has 90 valence electrons. The van der Waals surface area contributed by atoms with Crippen molar-refractivity contribution in [3.63, 3.8) is 0 Å². The van der Waals surface area contributed by atoms with Gasteiger partial charge in [0, 0.05) is 11.1 Å². The van der Waals surface area contributed by atoms with E-state index in [-0.39, 0.29) is 11.1 Å². The highest BCUT2D eigenvalue weighted by molar-refractivity contribution is 6.42. The van der Waals surface area contributed by atoms with Crippen LogP contribution in [-0.2, 0) is 10.7 Å². The van der Waals surface area contributed by atoms with Gasteiger partial charge in [0.05, 0.1) is 11.7 Å². The quantitative estimate of drug-likeness (QED) is 0.735. The van der Waals surface area contributed by atoms with Gasteiger partial charge >= 0.3 is 0 Å². The summed E-state index contributed by atoms with van der Waals surface area (Å²) >= 11 is 0. The van der Waals surface area contributed by atoms with Gasteiger partial charge in [-0.25, -0.2) is 0 Å². The Hall–Kier alpha value is -1.78. The number of halogens is 2. The number of hydrogen-bond donors (Lipinski definition) is 0. The number of benzene rings is 1. The van der Waals surface area contributed by atoms with Crippen LogP contribution in [0.15, 0.2) is 29.3 Å². The molecule has 0 amide bonds. The van der Waals surface area contributed by atoms with Gasteiger partial charge in [-0.15, -0.1) is 0 Å². The molecule has 1 aromatic rings. The van der Waals surface area contributed by atoms with Gasteiger partial charge < -0.3 is 9.90 Å². The molecule has 1 heterocycles. The van der Waals surface area contributed by atoms with E-state index in [1.165, 1.54) is 38.1 Å². The largest absolute Gasteiger partial charge is 0.543 e. The van der Waals surface area contributed by atoms with Gasteiger partial charge in [0.15, 0.2) is 0 Å². The highest BCUT2D eigenvalue weighted by Crippen LogP contribution is 2.45. The third-order valence-corrected chi connectivity index (χ3v) is 2.87. The van der Waals surface area contributed by atoms with Crippen molar-refractivity contribution in [3.8, 4) is 0 Å². The third kappa shape index (κ3) is 1.53. The predicted molar refractivity (Wildman–Crippen MR) is 56.0 cm³/mol. The number of carboxylic acid groups (broad SMARTS) is 1. The minimum absolute atomic E-state index is 0.0724. The molecule has 0 aliphatic carbocycles. The van der Waals surface area contributed by atoms with E-state index in [4.69, 9.17) is 0 Å². The van der Waals surface area contributed by atoms with Crippen LogP contribution in [-0.4, -0.2) is 17.2 Å². The van der Waals surface area contributed by atoms with Crippen LogP contribution in [0.4, 0.5) is 8.78 Å². The second-order valence-corrected chi connectivity index (χ2v) is 4.43. The summed E-state index contributed by atoms with van der Waals surface area (Å²) in [6, 6.07) is 5.47. The molecule has 0 unspecified atom stereocenters. The van der Waals surface area contributed by atoms with Crippen molar-refractivity contribution in [2.45, 2.75) is 25.3 Å². The molecule has 0 saturated carbocycles. The molecular formula is C12H10F2NO2-. The lowest BCUT2D eigenvalue weighted by Crippen LogP contribution is -2.47. The molecule has 1 aliphatic heterocycles. The molecule has 2 rings (SSSR count). The number of carboxylic acids is 1.